The predicted octanol–water partition coefficient (Wildman–Crippen LogP) is 1.46. The van der Waals surface area contributed by atoms with Gasteiger partial charge in [0.05, 0.1) is 0 Å². The molecule has 0 spiro atoms. The highest BCUT2D eigenvalue weighted by Crippen LogP contribution is 2.19. The van der Waals surface area contributed by atoms with E-state index in [1.54, 1.807) is 0 Å². The van der Waals surface area contributed by atoms with E-state index in [0.29, 0.717) is 5.28 Å². The first kappa shape index (κ1) is 8.81. The van der Waals surface area contributed by atoms with Crippen LogP contribution in [0, 0.1) is 0 Å². The van der Waals surface area contributed by atoms with Crippen LogP contribution in [0.5, 0.6) is 0 Å². The summed E-state index contributed by atoms with van der Waals surface area (Å²) in [5, 5.41) is 8.33. The summed E-state index contributed by atoms with van der Waals surface area (Å²) in [6.07, 6.45) is 3.80. The Labute approximate surface area is 82.5 Å². The van der Waals surface area contributed by atoms with Crippen LogP contribution in [0.4, 0.5) is 5.95 Å². The minimum absolute atomic E-state index is 0.459. The van der Waals surface area contributed by atoms with E-state index in [4.69, 9.17) is 11.6 Å². The van der Waals surface area contributed by atoms with Gasteiger partial charge in [-0.3, -0.25) is 4.57 Å². The van der Waals surface area contributed by atoms with Crippen molar-refractivity contribution in [2.24, 2.45) is 7.05 Å². The van der Waals surface area contributed by atoms with E-state index in [9.17, 15) is 0 Å². The summed E-state index contributed by atoms with van der Waals surface area (Å²) in [4.78, 5) is 2.24. The number of hydrogen-bond donors (Lipinski definition) is 0. The monoisotopic (exact) mass is 200 g/mol. The molecule has 2 rings (SSSR count). The topological polar surface area (TPSA) is 34.0 Å². The largest absolute Gasteiger partial charge is 0.341 e. The van der Waals surface area contributed by atoms with Crippen molar-refractivity contribution in [3.8, 4) is 0 Å². The van der Waals surface area contributed by atoms with E-state index in [-0.39, 0.29) is 0 Å². The lowest BCUT2D eigenvalue weighted by atomic mass is 10.1. The highest BCUT2D eigenvalue weighted by Gasteiger charge is 2.16. The average molecular weight is 201 g/mol. The predicted molar refractivity (Wildman–Crippen MR) is 52.1 cm³/mol. The van der Waals surface area contributed by atoms with Crippen molar-refractivity contribution >= 4 is 17.5 Å². The van der Waals surface area contributed by atoms with Gasteiger partial charge in [-0.05, 0) is 30.9 Å². The van der Waals surface area contributed by atoms with Crippen LogP contribution in [0.25, 0.3) is 0 Å². The standard InChI is InChI=1S/C8H13ClN4/c1-12-7(9)10-11-8(12)13-5-3-2-4-6-13/h2-6H2,1H3. The van der Waals surface area contributed by atoms with E-state index in [2.05, 4.69) is 15.1 Å². The molecule has 0 aliphatic carbocycles. The molecule has 0 N–H and O–H groups in total. The van der Waals surface area contributed by atoms with Gasteiger partial charge >= 0.3 is 0 Å². The Morgan fingerprint density at radius 2 is 1.85 bits per heavy atom. The first-order chi connectivity index (χ1) is 6.29. The molecule has 5 heteroatoms. The van der Waals surface area contributed by atoms with Crippen molar-refractivity contribution < 1.29 is 0 Å². The third-order valence-electron chi connectivity index (χ3n) is 2.44. The number of anilines is 1. The van der Waals surface area contributed by atoms with E-state index in [1.165, 1.54) is 19.3 Å². The summed E-state index contributed by atoms with van der Waals surface area (Å²) in [6.45, 7) is 2.14. The normalized spacial score (nSPS) is 17.8. The Morgan fingerprint density at radius 3 is 2.38 bits per heavy atom. The second kappa shape index (κ2) is 3.54. The maximum Gasteiger partial charge on any atom is 0.227 e. The van der Waals surface area contributed by atoms with Gasteiger partial charge in [-0.2, -0.15) is 0 Å². The molecule has 0 radical (unpaired) electrons. The fourth-order valence-electron chi connectivity index (χ4n) is 1.67. The second-order valence-corrected chi connectivity index (χ2v) is 3.71. The van der Waals surface area contributed by atoms with Gasteiger partial charge in [0.15, 0.2) is 0 Å². The molecular weight excluding hydrogens is 188 g/mol. The molecule has 13 heavy (non-hydrogen) atoms. The van der Waals surface area contributed by atoms with Crippen LogP contribution in [0.15, 0.2) is 0 Å². The molecule has 4 nitrogen and oxygen atoms in total. The zero-order valence-electron chi connectivity index (χ0n) is 7.70. The Morgan fingerprint density at radius 1 is 1.15 bits per heavy atom. The summed E-state index contributed by atoms with van der Waals surface area (Å²) in [7, 11) is 1.90. The highest BCUT2D eigenvalue weighted by atomic mass is 35.5. The third-order valence-corrected chi connectivity index (χ3v) is 2.77. The fraction of sp³-hybridized carbons (Fsp3) is 0.750. The Kier molecular flexibility index (Phi) is 2.40. The van der Waals surface area contributed by atoms with Crippen molar-refractivity contribution in [2.75, 3.05) is 18.0 Å². The van der Waals surface area contributed by atoms with Gasteiger partial charge in [0.1, 0.15) is 0 Å². The summed E-state index contributed by atoms with van der Waals surface area (Å²) in [5.74, 6) is 0.893. The lowest BCUT2D eigenvalue weighted by molar-refractivity contribution is 0.562. The third kappa shape index (κ3) is 1.63. The molecule has 0 bridgehead atoms. The molecule has 1 saturated heterocycles. The number of rotatable bonds is 1. The van der Waals surface area contributed by atoms with Gasteiger partial charge in [-0.25, -0.2) is 0 Å². The summed E-state index contributed by atoms with van der Waals surface area (Å²) >= 11 is 5.81. The van der Waals surface area contributed by atoms with Gasteiger partial charge in [-0.1, -0.05) is 0 Å². The van der Waals surface area contributed by atoms with E-state index < -0.39 is 0 Å². The quantitative estimate of drug-likeness (QED) is 0.689. The molecule has 1 aromatic heterocycles. The maximum absolute atomic E-state index is 5.81. The van der Waals surface area contributed by atoms with Crippen molar-refractivity contribution in [3.05, 3.63) is 5.28 Å². The number of hydrogen-bond acceptors (Lipinski definition) is 3. The van der Waals surface area contributed by atoms with Crippen LogP contribution in [0.3, 0.4) is 0 Å². The first-order valence-corrected chi connectivity index (χ1v) is 4.96. The minimum Gasteiger partial charge on any atom is -0.341 e. The van der Waals surface area contributed by atoms with Crippen LogP contribution in [-0.4, -0.2) is 27.9 Å². The molecule has 0 unspecified atom stereocenters. The molecule has 1 aliphatic rings. The number of aromatic nitrogens is 3. The van der Waals surface area contributed by atoms with E-state index in [1.807, 2.05) is 11.6 Å². The van der Waals surface area contributed by atoms with Crippen LogP contribution in [-0.2, 0) is 7.05 Å². The molecule has 0 atom stereocenters. The minimum atomic E-state index is 0.459. The fourth-order valence-corrected chi connectivity index (χ4v) is 1.79. The molecule has 0 amide bonds. The molecule has 2 heterocycles. The molecule has 72 valence electrons. The maximum atomic E-state index is 5.81. The van der Waals surface area contributed by atoms with Crippen LogP contribution < -0.4 is 4.90 Å². The van der Waals surface area contributed by atoms with Crippen molar-refractivity contribution in [1.29, 1.82) is 0 Å². The zero-order chi connectivity index (χ0) is 9.26. The molecule has 0 aromatic carbocycles. The number of nitrogens with zero attached hydrogens (tertiary/aromatic N) is 4. The Hall–Kier alpha value is -0.770. The lowest BCUT2D eigenvalue weighted by Gasteiger charge is -2.26. The van der Waals surface area contributed by atoms with Crippen LogP contribution in [0.2, 0.25) is 5.28 Å². The first-order valence-electron chi connectivity index (χ1n) is 4.59. The Balaban J connectivity index is 2.18. The number of piperidine rings is 1. The number of halogens is 1. The van der Waals surface area contributed by atoms with Crippen LogP contribution in [0.1, 0.15) is 19.3 Å². The SMILES string of the molecule is Cn1c(Cl)nnc1N1CCCCC1. The average Bonchev–Trinajstić information content (AvgIpc) is 2.49. The van der Waals surface area contributed by atoms with E-state index in [0.717, 1.165) is 19.0 Å². The molecule has 0 saturated carbocycles. The molecule has 1 aliphatic heterocycles. The zero-order valence-corrected chi connectivity index (χ0v) is 8.46. The van der Waals surface area contributed by atoms with Crippen molar-refractivity contribution in [2.45, 2.75) is 19.3 Å². The van der Waals surface area contributed by atoms with Gasteiger partial charge in [0.25, 0.3) is 0 Å². The van der Waals surface area contributed by atoms with Gasteiger partial charge in [0.2, 0.25) is 11.2 Å². The highest BCUT2D eigenvalue weighted by molar-refractivity contribution is 6.28. The van der Waals surface area contributed by atoms with Crippen LogP contribution >= 0.6 is 11.6 Å². The van der Waals surface area contributed by atoms with Gasteiger partial charge < -0.3 is 4.90 Å². The van der Waals surface area contributed by atoms with E-state index >= 15 is 0 Å². The molecule has 1 fully saturated rings. The van der Waals surface area contributed by atoms with Gasteiger partial charge in [0, 0.05) is 20.1 Å². The second-order valence-electron chi connectivity index (χ2n) is 3.38. The lowest BCUT2D eigenvalue weighted by Crippen LogP contribution is -2.31. The van der Waals surface area contributed by atoms with Crippen molar-refractivity contribution in [3.63, 3.8) is 0 Å². The van der Waals surface area contributed by atoms with Gasteiger partial charge in [-0.15, -0.1) is 10.2 Å². The summed E-state index contributed by atoms with van der Waals surface area (Å²) in [5.41, 5.74) is 0. The summed E-state index contributed by atoms with van der Waals surface area (Å²) in [6, 6.07) is 0. The van der Waals surface area contributed by atoms with Crippen molar-refractivity contribution in [1.82, 2.24) is 14.8 Å². The molecule has 1 aromatic rings. The Bertz CT molecular complexity index is 290. The summed E-state index contributed by atoms with van der Waals surface area (Å²) < 4.78 is 1.83. The smallest absolute Gasteiger partial charge is 0.227 e. The molecular formula is C8H13ClN4.